The van der Waals surface area contributed by atoms with Crippen molar-refractivity contribution >= 4 is 0 Å². The zero-order chi connectivity index (χ0) is 23.9. The number of benzene rings is 3. The van der Waals surface area contributed by atoms with Crippen molar-refractivity contribution in [1.82, 2.24) is 0 Å². The summed E-state index contributed by atoms with van der Waals surface area (Å²) in [6.07, 6.45) is 10.1. The van der Waals surface area contributed by atoms with Crippen molar-refractivity contribution in [2.45, 2.75) is 77.0 Å². The lowest BCUT2D eigenvalue weighted by atomic mass is 9.65. The molecule has 0 heterocycles. The molecule has 0 heteroatoms. The Kier molecular flexibility index (Phi) is 8.20. The van der Waals surface area contributed by atoms with Crippen LogP contribution >= 0.6 is 0 Å². The van der Waals surface area contributed by atoms with Crippen molar-refractivity contribution in [3.63, 3.8) is 0 Å². The molecule has 2 atom stereocenters. The number of terminal acetylenes is 1. The maximum atomic E-state index is 6.05. The molecule has 3 aromatic rings. The molecule has 33 heavy (non-hydrogen) atoms. The van der Waals surface area contributed by atoms with E-state index < -0.39 is 0 Å². The van der Waals surface area contributed by atoms with Crippen LogP contribution in [0.1, 0.15) is 88.5 Å². The highest BCUT2D eigenvalue weighted by molar-refractivity contribution is 5.42. The molecule has 0 aliphatic rings. The topological polar surface area (TPSA) is 0 Å². The summed E-state index contributed by atoms with van der Waals surface area (Å²) < 4.78 is 0. The molecule has 0 radical (unpaired) electrons. The Balaban J connectivity index is 2.12. The van der Waals surface area contributed by atoms with E-state index >= 15 is 0 Å². The molecule has 0 aliphatic heterocycles. The smallest absolute Gasteiger partial charge is 0.0317 e. The van der Waals surface area contributed by atoms with Crippen LogP contribution in [-0.4, -0.2) is 0 Å². The quantitative estimate of drug-likeness (QED) is 0.294. The molecule has 0 saturated carbocycles. The van der Waals surface area contributed by atoms with E-state index in [0.717, 1.165) is 12.8 Å². The van der Waals surface area contributed by atoms with Crippen LogP contribution in [0.3, 0.4) is 0 Å². The molecule has 0 bridgehead atoms. The first kappa shape index (κ1) is 24.9. The summed E-state index contributed by atoms with van der Waals surface area (Å²) in [4.78, 5) is 0. The molecule has 0 amide bonds. The second-order valence-electron chi connectivity index (χ2n) is 10.7. The van der Waals surface area contributed by atoms with Crippen LogP contribution in [0.5, 0.6) is 0 Å². The average Bonchev–Trinajstić information content (AvgIpc) is 2.83. The second kappa shape index (κ2) is 10.9. The molecule has 0 nitrogen and oxygen atoms in total. The van der Waals surface area contributed by atoms with Crippen LogP contribution in [0.4, 0.5) is 0 Å². The lowest BCUT2D eigenvalue weighted by Gasteiger charge is -2.38. The monoisotopic (exact) mass is 436 g/mol. The van der Waals surface area contributed by atoms with Crippen LogP contribution in [-0.2, 0) is 10.8 Å². The van der Waals surface area contributed by atoms with Gasteiger partial charge in [0.05, 0.1) is 0 Å². The van der Waals surface area contributed by atoms with Gasteiger partial charge in [0, 0.05) is 11.8 Å². The van der Waals surface area contributed by atoms with Crippen molar-refractivity contribution in [2.24, 2.45) is 5.92 Å². The zero-order valence-corrected chi connectivity index (χ0v) is 21.1. The number of hydrogen-bond acceptors (Lipinski definition) is 0. The molecule has 0 spiro atoms. The van der Waals surface area contributed by atoms with Gasteiger partial charge in [0.2, 0.25) is 0 Å². The summed E-state index contributed by atoms with van der Waals surface area (Å²) in [6.45, 7) is 11.5. The fourth-order valence-corrected chi connectivity index (χ4v) is 5.03. The van der Waals surface area contributed by atoms with E-state index in [1.165, 1.54) is 28.7 Å². The van der Waals surface area contributed by atoms with Gasteiger partial charge in [-0.25, -0.2) is 0 Å². The van der Waals surface area contributed by atoms with Crippen molar-refractivity contribution in [3.05, 3.63) is 107 Å². The van der Waals surface area contributed by atoms with Gasteiger partial charge in [-0.15, -0.1) is 12.3 Å². The third-order valence-electron chi connectivity index (χ3n) is 7.28. The Morgan fingerprint density at radius 1 is 0.758 bits per heavy atom. The molecule has 3 aromatic carbocycles. The second-order valence-corrected chi connectivity index (χ2v) is 10.7. The first-order chi connectivity index (χ1) is 15.8. The van der Waals surface area contributed by atoms with Crippen molar-refractivity contribution < 1.29 is 0 Å². The van der Waals surface area contributed by atoms with Gasteiger partial charge in [0.15, 0.2) is 0 Å². The average molecular weight is 437 g/mol. The van der Waals surface area contributed by atoms with E-state index in [-0.39, 0.29) is 10.8 Å². The lowest BCUT2D eigenvalue weighted by molar-refractivity contribution is 0.367. The summed E-state index contributed by atoms with van der Waals surface area (Å²) >= 11 is 0. The Morgan fingerprint density at radius 3 is 1.70 bits per heavy atom. The van der Waals surface area contributed by atoms with E-state index in [1.807, 2.05) is 0 Å². The van der Waals surface area contributed by atoms with Crippen LogP contribution in [0.15, 0.2) is 84.9 Å². The minimum Gasteiger partial charge on any atom is -0.120 e. The number of rotatable bonds is 9. The predicted octanol–water partition coefficient (Wildman–Crippen LogP) is 8.90. The first-order valence-electron chi connectivity index (χ1n) is 12.4. The van der Waals surface area contributed by atoms with Gasteiger partial charge in [-0.2, -0.15) is 0 Å². The molecule has 2 unspecified atom stereocenters. The van der Waals surface area contributed by atoms with Crippen molar-refractivity contribution in [3.8, 4) is 12.3 Å². The molecular formula is C33H40. The van der Waals surface area contributed by atoms with Gasteiger partial charge in [0.1, 0.15) is 0 Å². The van der Waals surface area contributed by atoms with E-state index in [1.54, 1.807) is 0 Å². The highest BCUT2D eigenvalue weighted by Crippen LogP contribution is 2.45. The van der Waals surface area contributed by atoms with E-state index in [4.69, 9.17) is 6.42 Å². The van der Waals surface area contributed by atoms with Crippen LogP contribution in [0.25, 0.3) is 0 Å². The minimum atomic E-state index is -0.210. The Labute approximate surface area is 202 Å². The van der Waals surface area contributed by atoms with Gasteiger partial charge in [-0.05, 0) is 52.3 Å². The van der Waals surface area contributed by atoms with Gasteiger partial charge >= 0.3 is 0 Å². The molecule has 0 saturated heterocycles. The molecular weight excluding hydrogens is 396 g/mol. The third-order valence-corrected chi connectivity index (χ3v) is 7.28. The van der Waals surface area contributed by atoms with Gasteiger partial charge in [-0.1, -0.05) is 126 Å². The van der Waals surface area contributed by atoms with Gasteiger partial charge in [-0.3, -0.25) is 0 Å². The maximum Gasteiger partial charge on any atom is 0.0317 e. The highest BCUT2D eigenvalue weighted by atomic mass is 14.4. The highest BCUT2D eigenvalue weighted by Gasteiger charge is 2.37. The molecule has 0 N–H and O–H groups in total. The van der Waals surface area contributed by atoms with Gasteiger partial charge < -0.3 is 0 Å². The van der Waals surface area contributed by atoms with E-state index in [0.29, 0.717) is 18.3 Å². The van der Waals surface area contributed by atoms with Crippen LogP contribution < -0.4 is 0 Å². The lowest BCUT2D eigenvalue weighted by Crippen LogP contribution is -2.30. The summed E-state index contributed by atoms with van der Waals surface area (Å²) in [5.74, 6) is 4.15. The van der Waals surface area contributed by atoms with Crippen molar-refractivity contribution in [2.75, 3.05) is 0 Å². The Morgan fingerprint density at radius 2 is 1.27 bits per heavy atom. The van der Waals surface area contributed by atoms with E-state index in [2.05, 4.69) is 125 Å². The normalized spacial score (nSPS) is 13.8. The minimum absolute atomic E-state index is 0.159. The Hall–Kier alpha value is -2.78. The summed E-state index contributed by atoms with van der Waals surface area (Å²) in [5.41, 5.74) is 5.39. The maximum absolute atomic E-state index is 6.05. The summed E-state index contributed by atoms with van der Waals surface area (Å²) in [7, 11) is 0. The fraction of sp³-hybridized carbons (Fsp3) is 0.394. The molecule has 0 aliphatic carbocycles. The van der Waals surface area contributed by atoms with Crippen LogP contribution in [0.2, 0.25) is 0 Å². The fourth-order valence-electron chi connectivity index (χ4n) is 5.03. The van der Waals surface area contributed by atoms with Crippen LogP contribution in [0, 0.1) is 18.3 Å². The zero-order valence-electron chi connectivity index (χ0n) is 21.1. The molecule has 3 rings (SSSR count). The SMILES string of the molecule is C#CCC(CC(CC(C)CC)c1ccc(C(C)(C)C)cc1)(c1ccccc1)c1ccccc1. The Bertz CT molecular complexity index is 974. The standard InChI is InChI=1S/C33H40/c1-7-23-33(30-15-11-9-12-16-30,31-17-13-10-14-18-31)25-28(24-26(3)8-2)27-19-21-29(22-20-27)32(4,5)6/h1,9-22,26,28H,8,23-25H2,2-6H3. The van der Waals surface area contributed by atoms with Gasteiger partial charge in [0.25, 0.3) is 0 Å². The summed E-state index contributed by atoms with van der Waals surface area (Å²) in [6, 6.07) is 31.2. The first-order valence-corrected chi connectivity index (χ1v) is 12.4. The largest absolute Gasteiger partial charge is 0.120 e. The predicted molar refractivity (Wildman–Crippen MR) is 144 cm³/mol. The molecule has 0 fully saturated rings. The third kappa shape index (κ3) is 5.97. The number of hydrogen-bond donors (Lipinski definition) is 0. The molecule has 0 aromatic heterocycles. The summed E-state index contributed by atoms with van der Waals surface area (Å²) in [5, 5.41) is 0. The van der Waals surface area contributed by atoms with E-state index in [9.17, 15) is 0 Å². The molecule has 172 valence electrons. The van der Waals surface area contributed by atoms with Crippen molar-refractivity contribution in [1.29, 1.82) is 0 Å².